The topological polar surface area (TPSA) is 62.7 Å². The van der Waals surface area contributed by atoms with Gasteiger partial charge in [0.1, 0.15) is 11.5 Å². The molecule has 0 radical (unpaired) electrons. The lowest BCUT2D eigenvalue weighted by Gasteiger charge is -2.10. The summed E-state index contributed by atoms with van der Waals surface area (Å²) in [4.78, 5) is 9.58. The highest BCUT2D eigenvalue weighted by molar-refractivity contribution is 5.54. The Bertz CT molecular complexity index is 1240. The van der Waals surface area contributed by atoms with Gasteiger partial charge in [0.15, 0.2) is 0 Å². The van der Waals surface area contributed by atoms with Gasteiger partial charge in [0.05, 0.1) is 62.4 Å². The minimum absolute atomic E-state index is 0.429. The van der Waals surface area contributed by atoms with Crippen molar-refractivity contribution < 1.29 is 18.9 Å². The number of hydrogen-bond donors (Lipinski definition) is 0. The molecule has 0 N–H and O–H groups in total. The van der Waals surface area contributed by atoms with Crippen LogP contribution in [0.4, 0.5) is 0 Å². The van der Waals surface area contributed by atoms with Crippen LogP contribution in [0, 0.1) is 0 Å². The average molecular weight is 567 g/mol. The van der Waals surface area contributed by atoms with Crippen LogP contribution in [-0.4, -0.2) is 23.2 Å². The molecule has 42 heavy (non-hydrogen) atoms. The standard InChI is InChI=1S/C36H42N2O4/c1-2-4-6-8-24-42-34-21-17-30(18-22-34)26-40-28-32-12-10-14-36(38-32)35-13-9-11-31(37-35)27-39-25-29-15-19-33(20-16-29)41-23-7-5-3-1/h9-22H,1-8,23-28H2. The summed E-state index contributed by atoms with van der Waals surface area (Å²) in [6.07, 6.45) is 9.74. The van der Waals surface area contributed by atoms with Crippen LogP contribution >= 0.6 is 0 Å². The van der Waals surface area contributed by atoms with E-state index in [2.05, 4.69) is 24.3 Å². The molecule has 0 atom stereocenters. The molecule has 0 amide bonds. The maximum absolute atomic E-state index is 5.98. The Balaban J connectivity index is 1.19. The number of aromatic nitrogens is 2. The highest BCUT2D eigenvalue weighted by Gasteiger charge is 2.06. The number of hydrogen-bond acceptors (Lipinski definition) is 6. The summed E-state index contributed by atoms with van der Waals surface area (Å²) in [5, 5.41) is 0. The molecular formula is C36H42N2O4. The summed E-state index contributed by atoms with van der Waals surface area (Å²) in [5.41, 5.74) is 5.61. The van der Waals surface area contributed by atoms with Gasteiger partial charge in [-0.25, -0.2) is 9.97 Å². The molecule has 0 aliphatic carbocycles. The first-order chi connectivity index (χ1) is 20.8. The second kappa shape index (κ2) is 16.6. The van der Waals surface area contributed by atoms with Gasteiger partial charge in [-0.15, -0.1) is 0 Å². The Labute approximate surface area is 250 Å². The number of benzene rings is 2. The third kappa shape index (κ3) is 9.97. The Morgan fingerprint density at radius 1 is 0.405 bits per heavy atom. The third-order valence-corrected chi connectivity index (χ3v) is 7.34. The fourth-order valence-corrected chi connectivity index (χ4v) is 4.96. The van der Waals surface area contributed by atoms with Crippen molar-refractivity contribution in [2.24, 2.45) is 0 Å². The number of nitrogens with zero attached hydrogens (tertiary/aromatic N) is 2. The average Bonchev–Trinajstić information content (AvgIpc) is 3.03. The highest BCUT2D eigenvalue weighted by atomic mass is 16.5. The number of pyridine rings is 2. The molecule has 2 aromatic heterocycles. The summed E-state index contributed by atoms with van der Waals surface area (Å²) in [6.45, 7) is 3.43. The Kier molecular flexibility index (Phi) is 11.8. The zero-order valence-electron chi connectivity index (χ0n) is 24.5. The summed E-state index contributed by atoms with van der Waals surface area (Å²) in [5.74, 6) is 1.83. The fourth-order valence-electron chi connectivity index (χ4n) is 4.96. The van der Waals surface area contributed by atoms with Gasteiger partial charge in [-0.05, 0) is 72.5 Å². The largest absolute Gasteiger partial charge is 0.494 e. The second-order valence-corrected chi connectivity index (χ2v) is 10.8. The Morgan fingerprint density at radius 3 is 1.24 bits per heavy atom. The van der Waals surface area contributed by atoms with Crippen molar-refractivity contribution in [3.8, 4) is 22.9 Å². The molecule has 0 saturated carbocycles. The summed E-state index contributed by atoms with van der Waals surface area (Å²) in [7, 11) is 0. The maximum atomic E-state index is 5.98. The van der Waals surface area contributed by atoms with E-state index in [1.807, 2.05) is 60.7 Å². The molecule has 8 bridgehead atoms. The highest BCUT2D eigenvalue weighted by Crippen LogP contribution is 2.19. The number of rotatable bonds is 0. The smallest absolute Gasteiger partial charge is 0.119 e. The molecule has 0 saturated heterocycles. The van der Waals surface area contributed by atoms with Crippen molar-refractivity contribution in [1.29, 1.82) is 0 Å². The van der Waals surface area contributed by atoms with Crippen molar-refractivity contribution in [3.05, 3.63) is 107 Å². The lowest BCUT2D eigenvalue weighted by atomic mass is 10.1. The van der Waals surface area contributed by atoms with Gasteiger partial charge in [-0.2, -0.15) is 0 Å². The normalized spacial score (nSPS) is 16.4. The molecule has 8 rings (SSSR count). The molecule has 4 aliphatic heterocycles. The molecule has 0 spiro atoms. The van der Waals surface area contributed by atoms with Crippen LogP contribution in [0.3, 0.4) is 0 Å². The Hall–Kier alpha value is -3.74. The quantitative estimate of drug-likeness (QED) is 0.213. The molecule has 4 aromatic rings. The van der Waals surface area contributed by atoms with E-state index >= 15 is 0 Å². The van der Waals surface area contributed by atoms with Gasteiger partial charge >= 0.3 is 0 Å². The van der Waals surface area contributed by atoms with E-state index < -0.39 is 0 Å². The van der Waals surface area contributed by atoms with Crippen LogP contribution in [0.25, 0.3) is 11.4 Å². The molecule has 0 unspecified atom stereocenters. The maximum Gasteiger partial charge on any atom is 0.119 e. The van der Waals surface area contributed by atoms with E-state index in [9.17, 15) is 0 Å². The first-order valence-corrected chi connectivity index (χ1v) is 15.3. The van der Waals surface area contributed by atoms with Crippen molar-refractivity contribution in [2.45, 2.75) is 77.8 Å². The summed E-state index contributed by atoms with van der Waals surface area (Å²) >= 11 is 0. The minimum atomic E-state index is 0.429. The van der Waals surface area contributed by atoms with Crippen molar-refractivity contribution >= 4 is 0 Å². The second-order valence-electron chi connectivity index (χ2n) is 10.8. The van der Waals surface area contributed by atoms with Crippen molar-refractivity contribution in [2.75, 3.05) is 13.2 Å². The van der Waals surface area contributed by atoms with E-state index in [1.165, 1.54) is 38.5 Å². The zero-order chi connectivity index (χ0) is 28.7. The summed E-state index contributed by atoms with van der Waals surface area (Å²) in [6, 6.07) is 28.3. The molecular weight excluding hydrogens is 524 g/mol. The van der Waals surface area contributed by atoms with E-state index in [1.54, 1.807) is 0 Å². The first kappa shape index (κ1) is 29.7. The molecule has 220 valence electrons. The van der Waals surface area contributed by atoms with E-state index in [0.717, 1.165) is 71.5 Å². The fraction of sp³-hybridized carbons (Fsp3) is 0.389. The van der Waals surface area contributed by atoms with Gasteiger partial charge in [0, 0.05) is 0 Å². The predicted molar refractivity (Wildman–Crippen MR) is 165 cm³/mol. The first-order valence-electron chi connectivity index (χ1n) is 15.3. The van der Waals surface area contributed by atoms with Crippen LogP contribution in [0.5, 0.6) is 11.5 Å². The van der Waals surface area contributed by atoms with Crippen LogP contribution in [0.15, 0.2) is 84.9 Å². The number of ether oxygens (including phenoxy) is 4. The van der Waals surface area contributed by atoms with Gasteiger partial charge in [-0.1, -0.05) is 74.9 Å². The molecule has 6 heterocycles. The van der Waals surface area contributed by atoms with E-state index in [-0.39, 0.29) is 0 Å². The van der Waals surface area contributed by atoms with E-state index in [0.29, 0.717) is 26.4 Å². The van der Waals surface area contributed by atoms with Crippen LogP contribution in [0.2, 0.25) is 0 Å². The third-order valence-electron chi connectivity index (χ3n) is 7.34. The zero-order valence-corrected chi connectivity index (χ0v) is 24.5. The SMILES string of the molecule is c1cc2nc(c1)-c1cccc(n1)COCc1ccc(cc1)OCCCCCCCCCCOc1ccc(cc1)COC2. The lowest BCUT2D eigenvalue weighted by Crippen LogP contribution is -2.01. The van der Waals surface area contributed by atoms with Crippen LogP contribution in [0.1, 0.15) is 73.9 Å². The monoisotopic (exact) mass is 566 g/mol. The van der Waals surface area contributed by atoms with Crippen LogP contribution in [-0.2, 0) is 35.9 Å². The predicted octanol–water partition coefficient (Wildman–Crippen LogP) is 8.47. The van der Waals surface area contributed by atoms with Gasteiger partial charge in [0.25, 0.3) is 0 Å². The minimum Gasteiger partial charge on any atom is -0.494 e. The van der Waals surface area contributed by atoms with Gasteiger partial charge < -0.3 is 18.9 Å². The lowest BCUT2D eigenvalue weighted by molar-refractivity contribution is 0.104. The Morgan fingerprint density at radius 2 is 0.810 bits per heavy atom. The summed E-state index contributed by atoms with van der Waals surface area (Å²) < 4.78 is 23.8. The van der Waals surface area contributed by atoms with E-state index in [4.69, 9.17) is 28.9 Å². The molecule has 4 aliphatic rings. The molecule has 0 fully saturated rings. The van der Waals surface area contributed by atoms with Crippen molar-refractivity contribution in [3.63, 3.8) is 0 Å². The molecule has 2 aromatic carbocycles. The van der Waals surface area contributed by atoms with Gasteiger partial charge in [-0.3, -0.25) is 0 Å². The van der Waals surface area contributed by atoms with Crippen LogP contribution < -0.4 is 9.47 Å². The molecule has 6 heteroatoms. The molecule has 6 nitrogen and oxygen atoms in total. The van der Waals surface area contributed by atoms with Crippen molar-refractivity contribution in [1.82, 2.24) is 9.97 Å². The van der Waals surface area contributed by atoms with Gasteiger partial charge in [0.2, 0.25) is 0 Å².